The van der Waals surface area contributed by atoms with E-state index in [4.69, 9.17) is 5.73 Å². The van der Waals surface area contributed by atoms with Crippen LogP contribution < -0.4 is 11.1 Å². The van der Waals surface area contributed by atoms with Gasteiger partial charge in [-0.25, -0.2) is 8.42 Å². The van der Waals surface area contributed by atoms with E-state index in [-0.39, 0.29) is 23.0 Å². The van der Waals surface area contributed by atoms with Crippen LogP contribution >= 0.6 is 11.8 Å². The number of hydrogen-bond acceptors (Lipinski definition) is 5. The molecule has 0 bridgehead atoms. The molecule has 0 aromatic heterocycles. The molecule has 1 saturated heterocycles. The summed E-state index contributed by atoms with van der Waals surface area (Å²) < 4.78 is 22.8. The Hall–Kier alpha value is -0.270. The average Bonchev–Trinajstić information content (AvgIpc) is 2.37. The molecule has 1 aliphatic rings. The van der Waals surface area contributed by atoms with Crippen molar-refractivity contribution in [3.8, 4) is 0 Å². The van der Waals surface area contributed by atoms with Gasteiger partial charge in [-0.05, 0) is 27.2 Å². The Morgan fingerprint density at radius 3 is 2.56 bits per heavy atom. The number of rotatable bonds is 5. The topological polar surface area (TPSA) is 89.3 Å². The maximum atomic E-state index is 11.7. The van der Waals surface area contributed by atoms with Crippen LogP contribution in [0.2, 0.25) is 0 Å². The van der Waals surface area contributed by atoms with Crippen LogP contribution in [0.15, 0.2) is 0 Å². The molecule has 3 N–H and O–H groups in total. The molecule has 1 fully saturated rings. The third-order valence-corrected chi connectivity index (χ3v) is 5.97. The lowest BCUT2D eigenvalue weighted by atomic mass is 10.0. The zero-order valence-electron chi connectivity index (χ0n) is 11.2. The summed E-state index contributed by atoms with van der Waals surface area (Å²) in [5.41, 5.74) is 4.91. The zero-order chi connectivity index (χ0) is 14.0. The number of amides is 1. The van der Waals surface area contributed by atoms with Crippen molar-refractivity contribution in [3.63, 3.8) is 0 Å². The van der Waals surface area contributed by atoms with Crippen LogP contribution in [-0.4, -0.2) is 48.4 Å². The molecule has 1 heterocycles. The first-order chi connectivity index (χ1) is 8.02. The quantitative estimate of drug-likeness (QED) is 0.753. The number of thioether (sulfide) groups is 1. The SMILES string of the molecule is CC(C)(N)CSCC(=O)NC1(C)CCS(=O)(=O)C1. The lowest BCUT2D eigenvalue weighted by Gasteiger charge is -2.24. The van der Waals surface area contributed by atoms with Gasteiger partial charge in [-0.15, -0.1) is 0 Å². The predicted octanol–water partition coefficient (Wildman–Crippen LogP) is 0.150. The second kappa shape index (κ2) is 5.38. The first kappa shape index (κ1) is 15.8. The number of sulfone groups is 1. The second-order valence-corrected chi connectivity index (χ2v) is 9.10. The van der Waals surface area contributed by atoms with Crippen molar-refractivity contribution in [1.82, 2.24) is 5.32 Å². The number of nitrogens with two attached hydrogens (primary N) is 1. The van der Waals surface area contributed by atoms with E-state index in [9.17, 15) is 13.2 Å². The monoisotopic (exact) mass is 294 g/mol. The highest BCUT2D eigenvalue weighted by Gasteiger charge is 2.39. The summed E-state index contributed by atoms with van der Waals surface area (Å²) in [4.78, 5) is 11.7. The number of hydrogen-bond donors (Lipinski definition) is 2. The van der Waals surface area contributed by atoms with Gasteiger partial charge in [-0.3, -0.25) is 4.79 Å². The minimum Gasteiger partial charge on any atom is -0.349 e. The molecule has 7 heteroatoms. The summed E-state index contributed by atoms with van der Waals surface area (Å²) in [6.07, 6.45) is 0.494. The first-order valence-corrected chi connectivity index (χ1v) is 8.87. The Kier molecular flexibility index (Phi) is 4.72. The average molecular weight is 294 g/mol. The van der Waals surface area contributed by atoms with E-state index >= 15 is 0 Å². The van der Waals surface area contributed by atoms with E-state index in [0.29, 0.717) is 17.9 Å². The molecule has 0 radical (unpaired) electrons. The van der Waals surface area contributed by atoms with E-state index in [1.54, 1.807) is 6.92 Å². The van der Waals surface area contributed by atoms with Gasteiger partial charge in [0.1, 0.15) is 0 Å². The van der Waals surface area contributed by atoms with Gasteiger partial charge < -0.3 is 11.1 Å². The van der Waals surface area contributed by atoms with E-state index in [2.05, 4.69) is 5.32 Å². The number of carbonyl (C=O) groups excluding carboxylic acids is 1. The summed E-state index contributed by atoms with van der Waals surface area (Å²) in [6, 6.07) is 0. The molecule has 106 valence electrons. The molecule has 18 heavy (non-hydrogen) atoms. The standard InChI is InChI=1S/C11H22N2O3S2/c1-10(2,12)7-17-6-9(14)13-11(3)4-5-18(15,16)8-11/h4-8,12H2,1-3H3,(H,13,14). The van der Waals surface area contributed by atoms with Gasteiger partial charge in [0.25, 0.3) is 0 Å². The van der Waals surface area contributed by atoms with Crippen LogP contribution in [-0.2, 0) is 14.6 Å². The van der Waals surface area contributed by atoms with Crippen molar-refractivity contribution < 1.29 is 13.2 Å². The van der Waals surface area contributed by atoms with Crippen LogP contribution in [0.1, 0.15) is 27.2 Å². The third-order valence-electron chi connectivity index (χ3n) is 2.65. The van der Waals surface area contributed by atoms with Gasteiger partial charge in [-0.1, -0.05) is 0 Å². The third kappa shape index (κ3) is 5.58. The summed E-state index contributed by atoms with van der Waals surface area (Å²) in [5, 5.41) is 2.82. The van der Waals surface area contributed by atoms with Crippen molar-refractivity contribution in [2.75, 3.05) is 23.0 Å². The van der Waals surface area contributed by atoms with Crippen molar-refractivity contribution in [2.24, 2.45) is 5.73 Å². The fourth-order valence-electron chi connectivity index (χ4n) is 1.89. The zero-order valence-corrected chi connectivity index (χ0v) is 12.8. The Balaban J connectivity index is 2.37. The van der Waals surface area contributed by atoms with Gasteiger partial charge in [0, 0.05) is 11.3 Å². The molecule has 1 amide bonds. The van der Waals surface area contributed by atoms with E-state index in [0.717, 1.165) is 0 Å². The molecule has 0 saturated carbocycles. The van der Waals surface area contributed by atoms with Crippen molar-refractivity contribution in [3.05, 3.63) is 0 Å². The molecule has 1 rings (SSSR count). The lowest BCUT2D eigenvalue weighted by molar-refractivity contribution is -0.120. The Bertz CT molecular complexity index is 414. The molecule has 0 aromatic rings. The fraction of sp³-hybridized carbons (Fsp3) is 0.909. The summed E-state index contributed by atoms with van der Waals surface area (Å²) in [6.45, 7) is 5.60. The molecular formula is C11H22N2O3S2. The van der Waals surface area contributed by atoms with Crippen molar-refractivity contribution >= 4 is 27.5 Å². The Morgan fingerprint density at radius 1 is 1.50 bits per heavy atom. The molecule has 1 aliphatic heterocycles. The van der Waals surface area contributed by atoms with Gasteiger partial charge in [0.15, 0.2) is 9.84 Å². The molecule has 0 spiro atoms. The molecule has 1 unspecified atom stereocenters. The molecule has 0 aromatic carbocycles. The summed E-state index contributed by atoms with van der Waals surface area (Å²) in [7, 11) is -2.98. The highest BCUT2D eigenvalue weighted by Crippen LogP contribution is 2.23. The highest BCUT2D eigenvalue weighted by atomic mass is 32.2. The predicted molar refractivity (Wildman–Crippen MR) is 75.4 cm³/mol. The van der Waals surface area contributed by atoms with Gasteiger partial charge >= 0.3 is 0 Å². The number of nitrogens with one attached hydrogen (secondary N) is 1. The number of carbonyl (C=O) groups is 1. The molecule has 5 nitrogen and oxygen atoms in total. The van der Waals surface area contributed by atoms with Crippen molar-refractivity contribution in [1.29, 1.82) is 0 Å². The summed E-state index contributed by atoms with van der Waals surface area (Å²) >= 11 is 1.46. The van der Waals surface area contributed by atoms with Crippen molar-refractivity contribution in [2.45, 2.75) is 38.3 Å². The highest BCUT2D eigenvalue weighted by molar-refractivity contribution is 8.00. The smallest absolute Gasteiger partial charge is 0.230 e. The maximum absolute atomic E-state index is 11.7. The maximum Gasteiger partial charge on any atom is 0.230 e. The normalized spacial score (nSPS) is 27.1. The Labute approximate surface area is 113 Å². The van der Waals surface area contributed by atoms with Gasteiger partial charge in [0.2, 0.25) is 5.91 Å². The van der Waals surface area contributed by atoms with E-state index in [1.807, 2.05) is 13.8 Å². The first-order valence-electron chi connectivity index (χ1n) is 5.90. The van der Waals surface area contributed by atoms with Crippen LogP contribution in [0.3, 0.4) is 0 Å². The fourth-order valence-corrected chi connectivity index (χ4v) is 4.87. The van der Waals surface area contributed by atoms with Crippen LogP contribution in [0.4, 0.5) is 0 Å². The Morgan fingerprint density at radius 2 is 2.11 bits per heavy atom. The largest absolute Gasteiger partial charge is 0.349 e. The molecule has 0 aliphatic carbocycles. The van der Waals surface area contributed by atoms with E-state index in [1.165, 1.54) is 11.8 Å². The van der Waals surface area contributed by atoms with Crippen LogP contribution in [0.5, 0.6) is 0 Å². The molecule has 1 atom stereocenters. The minimum absolute atomic E-state index is 0.0405. The summed E-state index contributed by atoms with van der Waals surface area (Å²) in [5.74, 6) is 1.08. The van der Waals surface area contributed by atoms with Crippen LogP contribution in [0, 0.1) is 0 Å². The van der Waals surface area contributed by atoms with Gasteiger partial charge in [-0.2, -0.15) is 11.8 Å². The second-order valence-electron chi connectivity index (χ2n) is 5.93. The lowest BCUT2D eigenvalue weighted by Crippen LogP contribution is -2.47. The minimum atomic E-state index is -2.98. The van der Waals surface area contributed by atoms with E-state index < -0.39 is 15.4 Å². The molecular weight excluding hydrogens is 272 g/mol. The van der Waals surface area contributed by atoms with Crippen LogP contribution in [0.25, 0.3) is 0 Å². The van der Waals surface area contributed by atoms with Gasteiger partial charge in [0.05, 0.1) is 22.8 Å².